The summed E-state index contributed by atoms with van der Waals surface area (Å²) in [5, 5.41) is 14.0. The smallest absolute Gasteiger partial charge is 0.259 e. The molecule has 0 aliphatic carbocycles. The van der Waals surface area contributed by atoms with Crippen molar-refractivity contribution >= 4 is 45.7 Å². The highest BCUT2D eigenvalue weighted by atomic mass is 35.5. The SMILES string of the molecule is CC(C)C(=O)NCc1ccc(Cl)c(-c2nc3cc(Cl)c(N4CC[C@H](O)C4)cc3c(=O)[nH]2)c1. The molecule has 3 aromatic rings. The molecule has 0 bridgehead atoms. The van der Waals surface area contributed by atoms with Crippen LogP contribution in [0.2, 0.25) is 10.0 Å². The van der Waals surface area contributed by atoms with Crippen LogP contribution in [0, 0.1) is 5.92 Å². The Balaban J connectivity index is 1.70. The number of aliphatic hydroxyl groups excluding tert-OH is 1. The van der Waals surface area contributed by atoms with Gasteiger partial charge in [-0.1, -0.05) is 43.1 Å². The molecule has 0 saturated carbocycles. The standard InChI is InChI=1S/C23H24Cl2N4O3/c1-12(2)22(31)26-10-13-3-4-17(24)15(7-13)21-27-19-9-18(25)20(8-16(19)23(32)28-21)29-6-5-14(30)11-29/h3-4,7-9,12,14,30H,5-6,10-11H2,1-2H3,(H,26,31)(H,27,28,32)/t14-/m0/s1. The minimum atomic E-state index is -0.403. The van der Waals surface area contributed by atoms with Gasteiger partial charge in [0.15, 0.2) is 0 Å². The molecule has 4 rings (SSSR count). The second-order valence-electron chi connectivity index (χ2n) is 8.31. The molecule has 7 nitrogen and oxygen atoms in total. The summed E-state index contributed by atoms with van der Waals surface area (Å²) in [5.41, 5.74) is 2.24. The van der Waals surface area contributed by atoms with E-state index in [0.29, 0.717) is 64.1 Å². The lowest BCUT2D eigenvalue weighted by Gasteiger charge is -2.19. The van der Waals surface area contributed by atoms with Crippen molar-refractivity contribution in [3.63, 3.8) is 0 Å². The number of hydrogen-bond donors (Lipinski definition) is 3. The third-order valence-corrected chi connectivity index (χ3v) is 6.19. The van der Waals surface area contributed by atoms with Crippen molar-refractivity contribution in [1.29, 1.82) is 0 Å². The third-order valence-electron chi connectivity index (χ3n) is 5.56. The van der Waals surface area contributed by atoms with Gasteiger partial charge in [-0.2, -0.15) is 0 Å². The quantitative estimate of drug-likeness (QED) is 0.523. The first kappa shape index (κ1) is 22.6. The monoisotopic (exact) mass is 474 g/mol. The van der Waals surface area contributed by atoms with E-state index >= 15 is 0 Å². The number of β-amino-alcohol motifs (C(OH)–C–C–N with tert-alkyl or cyclic N) is 1. The number of aromatic nitrogens is 2. The number of aromatic amines is 1. The number of nitrogens with one attached hydrogen (secondary N) is 2. The van der Waals surface area contributed by atoms with Crippen molar-refractivity contribution in [3.8, 4) is 11.4 Å². The second-order valence-corrected chi connectivity index (χ2v) is 9.12. The van der Waals surface area contributed by atoms with Gasteiger partial charge in [-0.25, -0.2) is 4.98 Å². The number of hydrogen-bond acceptors (Lipinski definition) is 5. The Morgan fingerprint density at radius 1 is 1.28 bits per heavy atom. The van der Waals surface area contributed by atoms with Gasteiger partial charge in [-0.05, 0) is 36.2 Å². The molecule has 0 radical (unpaired) electrons. The highest BCUT2D eigenvalue weighted by Crippen LogP contribution is 2.33. The molecule has 1 fully saturated rings. The van der Waals surface area contributed by atoms with Crippen LogP contribution in [0.4, 0.5) is 5.69 Å². The molecule has 1 aliphatic rings. The molecule has 1 atom stereocenters. The molecule has 9 heteroatoms. The second kappa shape index (κ2) is 9.10. The number of rotatable bonds is 5. The zero-order valence-corrected chi connectivity index (χ0v) is 19.3. The number of H-pyrrole nitrogens is 1. The summed E-state index contributed by atoms with van der Waals surface area (Å²) in [5.74, 6) is 0.165. The van der Waals surface area contributed by atoms with Crippen LogP contribution in [0.15, 0.2) is 35.1 Å². The zero-order chi connectivity index (χ0) is 23.0. The molecule has 2 aromatic carbocycles. The van der Waals surface area contributed by atoms with Gasteiger partial charge in [0, 0.05) is 31.1 Å². The van der Waals surface area contributed by atoms with E-state index < -0.39 is 6.10 Å². The van der Waals surface area contributed by atoms with Gasteiger partial charge in [0.05, 0.1) is 32.7 Å². The fourth-order valence-corrected chi connectivity index (χ4v) is 4.22. The van der Waals surface area contributed by atoms with Crippen molar-refractivity contribution in [2.24, 2.45) is 5.92 Å². The number of benzene rings is 2. The highest BCUT2D eigenvalue weighted by molar-refractivity contribution is 6.34. The Morgan fingerprint density at radius 3 is 2.75 bits per heavy atom. The van der Waals surface area contributed by atoms with Crippen LogP contribution >= 0.6 is 23.2 Å². The van der Waals surface area contributed by atoms with E-state index in [1.165, 1.54) is 0 Å². The molecular formula is C23H24Cl2N4O3. The fraction of sp³-hybridized carbons (Fsp3) is 0.348. The molecular weight excluding hydrogens is 451 g/mol. The van der Waals surface area contributed by atoms with E-state index in [9.17, 15) is 14.7 Å². The van der Waals surface area contributed by atoms with Crippen LogP contribution in [-0.4, -0.2) is 40.2 Å². The topological polar surface area (TPSA) is 98.3 Å². The Labute approximate surface area is 195 Å². The summed E-state index contributed by atoms with van der Waals surface area (Å²) in [6.07, 6.45) is 0.259. The molecule has 1 amide bonds. The first-order valence-electron chi connectivity index (χ1n) is 10.5. The Morgan fingerprint density at radius 2 is 2.06 bits per heavy atom. The van der Waals surface area contributed by atoms with Crippen LogP contribution < -0.4 is 15.8 Å². The van der Waals surface area contributed by atoms with Crippen LogP contribution in [0.25, 0.3) is 22.3 Å². The number of carbonyl (C=O) groups is 1. The van der Waals surface area contributed by atoms with Gasteiger partial charge in [-0.3, -0.25) is 9.59 Å². The molecule has 2 heterocycles. The minimum Gasteiger partial charge on any atom is -0.391 e. The summed E-state index contributed by atoms with van der Waals surface area (Å²) in [7, 11) is 0. The lowest BCUT2D eigenvalue weighted by molar-refractivity contribution is -0.124. The van der Waals surface area contributed by atoms with Gasteiger partial charge in [0.2, 0.25) is 5.91 Å². The molecule has 168 valence electrons. The normalized spacial score (nSPS) is 16.2. The van der Waals surface area contributed by atoms with E-state index in [1.54, 1.807) is 24.3 Å². The largest absolute Gasteiger partial charge is 0.391 e. The maximum absolute atomic E-state index is 12.9. The van der Waals surface area contributed by atoms with Crippen LogP contribution in [-0.2, 0) is 11.3 Å². The minimum absolute atomic E-state index is 0.0466. The summed E-state index contributed by atoms with van der Waals surface area (Å²) in [6.45, 7) is 5.15. The molecule has 32 heavy (non-hydrogen) atoms. The van der Waals surface area contributed by atoms with Gasteiger partial charge < -0.3 is 20.3 Å². The molecule has 0 unspecified atom stereocenters. The van der Waals surface area contributed by atoms with Crippen molar-refractivity contribution in [3.05, 3.63) is 56.3 Å². The van der Waals surface area contributed by atoms with E-state index in [4.69, 9.17) is 23.2 Å². The highest BCUT2D eigenvalue weighted by Gasteiger charge is 2.23. The Hall–Kier alpha value is -2.61. The van der Waals surface area contributed by atoms with E-state index in [-0.39, 0.29) is 17.4 Å². The van der Waals surface area contributed by atoms with Crippen LogP contribution in [0.3, 0.4) is 0 Å². The van der Waals surface area contributed by atoms with E-state index in [1.807, 2.05) is 24.8 Å². The zero-order valence-electron chi connectivity index (χ0n) is 17.8. The first-order valence-corrected chi connectivity index (χ1v) is 11.2. The first-order chi connectivity index (χ1) is 15.2. The lowest BCUT2D eigenvalue weighted by Crippen LogP contribution is -2.27. The maximum Gasteiger partial charge on any atom is 0.259 e. The lowest BCUT2D eigenvalue weighted by atomic mass is 10.1. The summed E-state index contributed by atoms with van der Waals surface area (Å²) in [6, 6.07) is 8.71. The summed E-state index contributed by atoms with van der Waals surface area (Å²) < 4.78 is 0. The fourth-order valence-electron chi connectivity index (χ4n) is 3.74. The Bertz CT molecular complexity index is 1240. The van der Waals surface area contributed by atoms with Crippen molar-refractivity contribution in [2.75, 3.05) is 18.0 Å². The number of fused-ring (bicyclic) bond motifs is 1. The van der Waals surface area contributed by atoms with Gasteiger partial charge in [0.1, 0.15) is 5.82 Å². The Kier molecular flexibility index (Phi) is 6.42. The van der Waals surface area contributed by atoms with Gasteiger partial charge in [-0.15, -0.1) is 0 Å². The number of amides is 1. The average Bonchev–Trinajstić information content (AvgIpc) is 3.18. The van der Waals surface area contributed by atoms with Crippen molar-refractivity contribution in [2.45, 2.75) is 32.9 Å². The maximum atomic E-state index is 12.9. The van der Waals surface area contributed by atoms with E-state index in [0.717, 1.165) is 5.56 Å². The van der Waals surface area contributed by atoms with Crippen LogP contribution in [0.1, 0.15) is 25.8 Å². The molecule has 1 saturated heterocycles. The summed E-state index contributed by atoms with van der Waals surface area (Å²) in [4.78, 5) is 34.1. The molecule has 1 aromatic heterocycles. The van der Waals surface area contributed by atoms with Crippen molar-refractivity contribution in [1.82, 2.24) is 15.3 Å². The average molecular weight is 475 g/mol. The molecule has 3 N–H and O–H groups in total. The van der Waals surface area contributed by atoms with Gasteiger partial charge in [0.25, 0.3) is 5.56 Å². The predicted molar refractivity (Wildman–Crippen MR) is 127 cm³/mol. The molecule has 1 aliphatic heterocycles. The number of carbonyl (C=O) groups excluding carboxylic acids is 1. The predicted octanol–water partition coefficient (Wildman–Crippen LogP) is 3.74. The number of halogens is 2. The number of anilines is 1. The van der Waals surface area contributed by atoms with E-state index in [2.05, 4.69) is 15.3 Å². The van der Waals surface area contributed by atoms with Crippen LogP contribution in [0.5, 0.6) is 0 Å². The van der Waals surface area contributed by atoms with Gasteiger partial charge >= 0.3 is 0 Å². The van der Waals surface area contributed by atoms with Crippen molar-refractivity contribution < 1.29 is 9.90 Å². The molecule has 0 spiro atoms. The summed E-state index contributed by atoms with van der Waals surface area (Å²) >= 11 is 12.9. The number of aliphatic hydroxyl groups is 1. The number of nitrogens with zero attached hydrogens (tertiary/aromatic N) is 2. The third kappa shape index (κ3) is 4.60.